The number of nitrogens with zero attached hydrogens (tertiary/aromatic N) is 3. The second-order valence-electron chi connectivity index (χ2n) is 4.92. The number of aromatic nitrogens is 3. The molecule has 0 aliphatic carbocycles. The van der Waals surface area contributed by atoms with Gasteiger partial charge in [-0.25, -0.2) is 4.68 Å². The van der Waals surface area contributed by atoms with Crippen LogP contribution in [0.25, 0.3) is 5.69 Å². The number of hydrogen-bond acceptors (Lipinski definition) is 4. The lowest BCUT2D eigenvalue weighted by Crippen LogP contribution is -2.38. The van der Waals surface area contributed by atoms with Gasteiger partial charge in [0.1, 0.15) is 0 Å². The summed E-state index contributed by atoms with van der Waals surface area (Å²) in [5.41, 5.74) is 0.856. The molecule has 112 valence electrons. The van der Waals surface area contributed by atoms with Crippen LogP contribution in [0.5, 0.6) is 0 Å². The fourth-order valence-corrected chi connectivity index (χ4v) is 1.93. The summed E-state index contributed by atoms with van der Waals surface area (Å²) in [7, 11) is 0. The molecule has 6 nitrogen and oxygen atoms in total. The summed E-state index contributed by atoms with van der Waals surface area (Å²) in [5, 5.41) is 20.1. The van der Waals surface area contributed by atoms with E-state index >= 15 is 0 Å². The zero-order valence-corrected chi connectivity index (χ0v) is 12.6. The molecule has 1 aromatic heterocycles. The zero-order valence-electron chi connectivity index (χ0n) is 11.8. The summed E-state index contributed by atoms with van der Waals surface area (Å²) in [6, 6.07) is 7.01. The summed E-state index contributed by atoms with van der Waals surface area (Å²) in [4.78, 5) is 12.1. The molecular weight excluding hydrogens is 292 g/mol. The van der Waals surface area contributed by atoms with Crippen molar-refractivity contribution in [2.45, 2.75) is 19.9 Å². The highest BCUT2D eigenvalue weighted by Gasteiger charge is 2.18. The molecule has 1 aromatic carbocycles. The van der Waals surface area contributed by atoms with Gasteiger partial charge in [0.25, 0.3) is 5.91 Å². The molecule has 2 N–H and O–H groups in total. The van der Waals surface area contributed by atoms with E-state index in [2.05, 4.69) is 15.6 Å². The number of nitrogens with one attached hydrogen (secondary N) is 1. The Balaban J connectivity index is 2.13. The van der Waals surface area contributed by atoms with Gasteiger partial charge in [0.2, 0.25) is 0 Å². The molecule has 0 bridgehead atoms. The van der Waals surface area contributed by atoms with Crippen LogP contribution in [0, 0.1) is 5.92 Å². The molecule has 0 saturated carbocycles. The topological polar surface area (TPSA) is 80.0 Å². The molecule has 1 heterocycles. The third-order valence-electron chi connectivity index (χ3n) is 3.33. The van der Waals surface area contributed by atoms with Crippen molar-refractivity contribution in [3.8, 4) is 5.69 Å². The van der Waals surface area contributed by atoms with Crippen LogP contribution in [0.2, 0.25) is 5.02 Å². The van der Waals surface area contributed by atoms with Crippen molar-refractivity contribution in [1.29, 1.82) is 0 Å². The average Bonchev–Trinajstić information content (AvgIpc) is 2.96. The number of aliphatic hydroxyl groups excluding tert-OH is 1. The van der Waals surface area contributed by atoms with Gasteiger partial charge in [0.05, 0.1) is 16.9 Å². The number of rotatable bonds is 5. The van der Waals surface area contributed by atoms with Gasteiger partial charge in [-0.15, -0.1) is 5.10 Å². The number of carbonyl (C=O) groups is 1. The van der Waals surface area contributed by atoms with E-state index < -0.39 is 0 Å². The van der Waals surface area contributed by atoms with E-state index in [0.717, 1.165) is 0 Å². The van der Waals surface area contributed by atoms with Crippen LogP contribution >= 0.6 is 11.6 Å². The van der Waals surface area contributed by atoms with Crippen LogP contribution in [-0.2, 0) is 0 Å². The van der Waals surface area contributed by atoms with E-state index in [4.69, 9.17) is 16.7 Å². The molecule has 2 unspecified atom stereocenters. The van der Waals surface area contributed by atoms with E-state index in [1.165, 1.54) is 10.9 Å². The number of aliphatic hydroxyl groups is 1. The summed E-state index contributed by atoms with van der Waals surface area (Å²) in [6.45, 7) is 3.69. The highest BCUT2D eigenvalue weighted by Crippen LogP contribution is 2.18. The van der Waals surface area contributed by atoms with Gasteiger partial charge >= 0.3 is 0 Å². The van der Waals surface area contributed by atoms with Crippen molar-refractivity contribution in [3.63, 3.8) is 0 Å². The van der Waals surface area contributed by atoms with E-state index in [9.17, 15) is 4.79 Å². The number of halogens is 1. The van der Waals surface area contributed by atoms with Gasteiger partial charge in [-0.3, -0.25) is 4.79 Å². The normalized spacial score (nSPS) is 13.7. The molecular formula is C14H17ClN4O2. The van der Waals surface area contributed by atoms with Crippen molar-refractivity contribution >= 4 is 17.5 Å². The second-order valence-corrected chi connectivity index (χ2v) is 5.33. The molecule has 2 atom stereocenters. The minimum atomic E-state index is -0.332. The van der Waals surface area contributed by atoms with Gasteiger partial charge in [-0.2, -0.15) is 0 Å². The quantitative estimate of drug-likeness (QED) is 0.880. The molecule has 1 amide bonds. The summed E-state index contributed by atoms with van der Waals surface area (Å²) >= 11 is 6.08. The largest absolute Gasteiger partial charge is 0.396 e. The molecule has 0 aliphatic heterocycles. The fourth-order valence-electron chi connectivity index (χ4n) is 1.70. The molecule has 21 heavy (non-hydrogen) atoms. The first-order chi connectivity index (χ1) is 10.0. The minimum absolute atomic E-state index is 0.00770. The van der Waals surface area contributed by atoms with Crippen LogP contribution in [0.3, 0.4) is 0 Å². The lowest BCUT2D eigenvalue weighted by Gasteiger charge is -2.18. The summed E-state index contributed by atoms with van der Waals surface area (Å²) in [5.74, 6) is -0.367. The van der Waals surface area contributed by atoms with Crippen molar-refractivity contribution in [2.24, 2.45) is 5.92 Å². The maximum absolute atomic E-state index is 12.1. The first-order valence-corrected chi connectivity index (χ1v) is 6.99. The Labute approximate surface area is 127 Å². The zero-order chi connectivity index (χ0) is 15.4. The first-order valence-electron chi connectivity index (χ1n) is 6.62. The highest BCUT2D eigenvalue weighted by molar-refractivity contribution is 6.32. The minimum Gasteiger partial charge on any atom is -0.396 e. The molecule has 0 radical (unpaired) electrons. The van der Waals surface area contributed by atoms with Gasteiger partial charge in [-0.05, 0) is 25.0 Å². The van der Waals surface area contributed by atoms with Crippen LogP contribution in [0.4, 0.5) is 0 Å². The Kier molecular flexibility index (Phi) is 4.93. The average molecular weight is 309 g/mol. The Bertz CT molecular complexity index is 629. The lowest BCUT2D eigenvalue weighted by atomic mass is 10.1. The van der Waals surface area contributed by atoms with Crippen LogP contribution in [0.15, 0.2) is 30.5 Å². The lowest BCUT2D eigenvalue weighted by molar-refractivity contribution is 0.0911. The van der Waals surface area contributed by atoms with Crippen molar-refractivity contribution in [1.82, 2.24) is 20.3 Å². The smallest absolute Gasteiger partial charge is 0.273 e. The molecule has 0 spiro atoms. The Morgan fingerprint density at radius 3 is 2.81 bits per heavy atom. The maximum atomic E-state index is 12.1. The molecule has 0 saturated heterocycles. The molecule has 0 aliphatic rings. The van der Waals surface area contributed by atoms with Gasteiger partial charge in [0.15, 0.2) is 5.69 Å². The molecule has 0 fully saturated rings. The Hall–Kier alpha value is -1.92. The number of amides is 1. The monoisotopic (exact) mass is 308 g/mol. The third-order valence-corrected chi connectivity index (χ3v) is 3.65. The van der Waals surface area contributed by atoms with Gasteiger partial charge in [0, 0.05) is 12.6 Å². The van der Waals surface area contributed by atoms with Crippen molar-refractivity contribution in [3.05, 3.63) is 41.2 Å². The van der Waals surface area contributed by atoms with Crippen molar-refractivity contribution in [2.75, 3.05) is 6.61 Å². The van der Waals surface area contributed by atoms with E-state index in [-0.39, 0.29) is 30.2 Å². The predicted molar refractivity (Wildman–Crippen MR) is 79.5 cm³/mol. The predicted octanol–water partition coefficient (Wildman–Crippen LogP) is 1.67. The van der Waals surface area contributed by atoms with Crippen LogP contribution in [-0.4, -0.2) is 38.7 Å². The third kappa shape index (κ3) is 3.59. The Morgan fingerprint density at radius 2 is 2.14 bits per heavy atom. The highest BCUT2D eigenvalue weighted by atomic mass is 35.5. The van der Waals surface area contributed by atoms with Crippen LogP contribution < -0.4 is 5.32 Å². The van der Waals surface area contributed by atoms with Gasteiger partial charge < -0.3 is 10.4 Å². The van der Waals surface area contributed by atoms with Gasteiger partial charge in [-0.1, -0.05) is 35.9 Å². The molecule has 2 rings (SSSR count). The second kappa shape index (κ2) is 6.69. The van der Waals surface area contributed by atoms with E-state index in [1.807, 2.05) is 26.0 Å². The van der Waals surface area contributed by atoms with Crippen molar-refractivity contribution < 1.29 is 9.90 Å². The van der Waals surface area contributed by atoms with E-state index in [1.54, 1.807) is 12.1 Å². The molecule has 2 aromatic rings. The maximum Gasteiger partial charge on any atom is 0.273 e. The first kappa shape index (κ1) is 15.5. The Morgan fingerprint density at radius 1 is 1.43 bits per heavy atom. The fraction of sp³-hybridized carbons (Fsp3) is 0.357. The SMILES string of the molecule is CC(CO)C(C)NC(=O)c1cn(-c2ccccc2Cl)nn1. The van der Waals surface area contributed by atoms with Crippen LogP contribution in [0.1, 0.15) is 24.3 Å². The number of benzene rings is 1. The summed E-state index contributed by atoms with van der Waals surface area (Å²) in [6.07, 6.45) is 1.52. The molecule has 7 heteroatoms. The summed E-state index contributed by atoms with van der Waals surface area (Å²) < 4.78 is 1.46. The standard InChI is InChI=1S/C14H17ClN4O2/c1-9(8-20)10(2)16-14(21)12-7-19(18-17-12)13-6-4-3-5-11(13)15/h3-7,9-10,20H,8H2,1-2H3,(H,16,21). The number of para-hydroxylation sites is 1. The number of carbonyl (C=O) groups excluding carboxylic acids is 1. The van der Waals surface area contributed by atoms with E-state index in [0.29, 0.717) is 10.7 Å². The number of hydrogen-bond donors (Lipinski definition) is 2.